The van der Waals surface area contributed by atoms with Gasteiger partial charge in [0.15, 0.2) is 8.32 Å². The number of allylic oxidation sites excluding steroid dienone is 3. The van der Waals surface area contributed by atoms with Crippen molar-refractivity contribution >= 4 is 8.32 Å². The molecule has 0 bridgehead atoms. The molecule has 0 aromatic carbocycles. The van der Waals surface area contributed by atoms with E-state index in [9.17, 15) is 0 Å². The summed E-state index contributed by atoms with van der Waals surface area (Å²) in [4.78, 5) is 0. The molecule has 0 aliphatic heterocycles. The van der Waals surface area contributed by atoms with Crippen LogP contribution in [-0.2, 0) is 4.43 Å². The fourth-order valence-electron chi connectivity index (χ4n) is 7.92. The summed E-state index contributed by atoms with van der Waals surface area (Å²) in [5, 5.41) is 0.296. The molecule has 7 atom stereocenters. The Hall–Kier alpha value is -0.343. The molecule has 4 aliphatic rings. The van der Waals surface area contributed by atoms with Crippen molar-refractivity contribution in [3.8, 4) is 0 Å². The first-order chi connectivity index (χ1) is 14.3. The molecule has 31 heavy (non-hydrogen) atoms. The molecule has 0 aromatic rings. The lowest BCUT2D eigenvalue weighted by Gasteiger charge is -2.56. The van der Waals surface area contributed by atoms with Crippen LogP contribution in [0.3, 0.4) is 0 Å². The van der Waals surface area contributed by atoms with Crippen LogP contribution in [0.4, 0.5) is 0 Å². The molecule has 0 radical (unpaired) electrons. The van der Waals surface area contributed by atoms with Crippen molar-refractivity contribution in [3.63, 3.8) is 0 Å². The average molecular weight is 443 g/mol. The zero-order valence-electron chi connectivity index (χ0n) is 22.1. The van der Waals surface area contributed by atoms with Crippen LogP contribution in [0.2, 0.25) is 18.1 Å². The van der Waals surface area contributed by atoms with Crippen LogP contribution in [0.15, 0.2) is 23.3 Å². The van der Waals surface area contributed by atoms with Crippen LogP contribution >= 0.6 is 0 Å². The first-order valence-corrected chi connectivity index (χ1v) is 16.3. The van der Waals surface area contributed by atoms with Gasteiger partial charge in [-0.05, 0) is 97.6 Å². The van der Waals surface area contributed by atoms with E-state index in [4.69, 9.17) is 4.43 Å². The SMILES string of the molecule is CC[C@H](C)[C@H]1CC[C@H]2C3=CC=C4C[C@@H](O[Si](C)(C)C(C)(C)C)CC[C@]4(C)[C@H]3CC[C@]12C. The zero-order valence-corrected chi connectivity index (χ0v) is 23.1. The Kier molecular flexibility index (Phi) is 6.04. The maximum Gasteiger partial charge on any atom is 0.192 e. The minimum absolute atomic E-state index is 0.296. The van der Waals surface area contributed by atoms with E-state index in [1.807, 2.05) is 5.57 Å². The minimum Gasteiger partial charge on any atom is -0.414 e. The second-order valence-corrected chi connectivity index (χ2v) is 18.5. The first kappa shape index (κ1) is 23.8. The molecule has 1 nitrogen and oxygen atoms in total. The average Bonchev–Trinajstić information content (AvgIpc) is 3.04. The van der Waals surface area contributed by atoms with Gasteiger partial charge in [-0.1, -0.05) is 78.2 Å². The van der Waals surface area contributed by atoms with Crippen LogP contribution in [0.5, 0.6) is 0 Å². The van der Waals surface area contributed by atoms with Crippen molar-refractivity contribution in [3.05, 3.63) is 23.3 Å². The van der Waals surface area contributed by atoms with Crippen molar-refractivity contribution in [1.82, 2.24) is 0 Å². The van der Waals surface area contributed by atoms with Crippen LogP contribution in [0, 0.1) is 34.5 Å². The van der Waals surface area contributed by atoms with Gasteiger partial charge in [0.05, 0.1) is 0 Å². The van der Waals surface area contributed by atoms with E-state index in [0.717, 1.165) is 23.7 Å². The van der Waals surface area contributed by atoms with E-state index in [1.54, 1.807) is 5.57 Å². The number of hydrogen-bond donors (Lipinski definition) is 0. The Labute approximate surface area is 194 Å². The second kappa shape index (κ2) is 7.86. The Morgan fingerprint density at radius 1 is 1.03 bits per heavy atom. The zero-order chi connectivity index (χ0) is 22.8. The maximum atomic E-state index is 6.89. The van der Waals surface area contributed by atoms with Gasteiger partial charge in [-0.25, -0.2) is 0 Å². The van der Waals surface area contributed by atoms with Gasteiger partial charge in [0.1, 0.15) is 0 Å². The van der Waals surface area contributed by atoms with Gasteiger partial charge >= 0.3 is 0 Å². The summed E-state index contributed by atoms with van der Waals surface area (Å²) in [6.45, 7) is 22.1. The minimum atomic E-state index is -1.70. The van der Waals surface area contributed by atoms with Crippen molar-refractivity contribution in [1.29, 1.82) is 0 Å². The summed E-state index contributed by atoms with van der Waals surface area (Å²) in [5.74, 6) is 3.42. The van der Waals surface area contributed by atoms with Gasteiger partial charge in [-0.2, -0.15) is 0 Å². The van der Waals surface area contributed by atoms with Gasteiger partial charge < -0.3 is 4.43 Å². The third-order valence-corrected chi connectivity index (χ3v) is 15.7. The number of rotatable bonds is 4. The van der Waals surface area contributed by atoms with Crippen LogP contribution in [0.25, 0.3) is 0 Å². The summed E-state index contributed by atoms with van der Waals surface area (Å²) in [5.41, 5.74) is 4.47. The molecule has 4 aliphatic carbocycles. The van der Waals surface area contributed by atoms with E-state index in [2.05, 4.69) is 73.7 Å². The third-order valence-electron chi connectivity index (χ3n) is 11.2. The Morgan fingerprint density at radius 3 is 2.39 bits per heavy atom. The molecule has 0 spiro atoms. The topological polar surface area (TPSA) is 9.23 Å². The molecule has 2 heteroatoms. The smallest absolute Gasteiger partial charge is 0.192 e. The fourth-order valence-corrected chi connectivity index (χ4v) is 9.31. The predicted octanol–water partition coefficient (Wildman–Crippen LogP) is 8.92. The summed E-state index contributed by atoms with van der Waals surface area (Å²) >= 11 is 0. The van der Waals surface area contributed by atoms with E-state index in [0.29, 0.717) is 22.0 Å². The summed E-state index contributed by atoms with van der Waals surface area (Å²) in [6, 6.07) is 0. The van der Waals surface area contributed by atoms with Gasteiger partial charge in [0, 0.05) is 6.10 Å². The maximum absolute atomic E-state index is 6.89. The molecular formula is C29H50OSi. The van der Waals surface area contributed by atoms with Crippen LogP contribution in [-0.4, -0.2) is 14.4 Å². The Balaban J connectivity index is 1.57. The molecule has 0 aromatic heterocycles. The van der Waals surface area contributed by atoms with Gasteiger partial charge in [-0.3, -0.25) is 0 Å². The molecule has 0 N–H and O–H groups in total. The van der Waals surface area contributed by atoms with Crippen LogP contribution in [0.1, 0.15) is 99.8 Å². The summed E-state index contributed by atoms with van der Waals surface area (Å²) in [6.07, 6.45) is 16.4. The van der Waals surface area contributed by atoms with Gasteiger partial charge in [0.2, 0.25) is 0 Å². The molecule has 0 heterocycles. The van der Waals surface area contributed by atoms with Crippen molar-refractivity contribution in [2.45, 2.75) is 124 Å². The highest BCUT2D eigenvalue weighted by Crippen LogP contribution is 2.66. The van der Waals surface area contributed by atoms with E-state index in [-0.39, 0.29) is 0 Å². The third kappa shape index (κ3) is 3.76. The van der Waals surface area contributed by atoms with Crippen molar-refractivity contribution < 1.29 is 4.43 Å². The van der Waals surface area contributed by atoms with Crippen molar-refractivity contribution in [2.24, 2.45) is 34.5 Å². The molecule has 0 unspecified atom stereocenters. The quantitative estimate of drug-likeness (QED) is 0.395. The second-order valence-electron chi connectivity index (χ2n) is 13.7. The van der Waals surface area contributed by atoms with E-state index in [1.165, 1.54) is 51.4 Å². The predicted molar refractivity (Wildman–Crippen MR) is 137 cm³/mol. The highest BCUT2D eigenvalue weighted by atomic mass is 28.4. The monoisotopic (exact) mass is 442 g/mol. The molecule has 0 saturated heterocycles. The number of hydrogen-bond acceptors (Lipinski definition) is 1. The Morgan fingerprint density at radius 2 is 1.74 bits per heavy atom. The highest BCUT2D eigenvalue weighted by molar-refractivity contribution is 6.74. The summed E-state index contributed by atoms with van der Waals surface area (Å²) in [7, 11) is -1.70. The van der Waals surface area contributed by atoms with Crippen molar-refractivity contribution in [2.75, 3.05) is 0 Å². The largest absolute Gasteiger partial charge is 0.414 e. The standard InChI is InChI=1S/C29H50OSi/c1-10-20(2)24-13-14-25-23-12-11-21-19-22(30-31(8,9)27(3,4)5)15-17-28(21,6)26(23)16-18-29(24,25)7/h11-12,20,22,24-26H,10,13-19H2,1-9H3/t20-,22-,24+,25-,26-,28-,29+/m0/s1. The van der Waals surface area contributed by atoms with Crippen LogP contribution < -0.4 is 0 Å². The highest BCUT2D eigenvalue weighted by Gasteiger charge is 2.57. The molecule has 176 valence electrons. The fraction of sp³-hybridized carbons (Fsp3) is 0.862. The lowest BCUT2D eigenvalue weighted by molar-refractivity contribution is 0.0352. The molecule has 3 fully saturated rings. The normalized spacial score (nSPS) is 41.6. The summed E-state index contributed by atoms with van der Waals surface area (Å²) < 4.78 is 6.89. The molecule has 3 saturated carbocycles. The lowest BCUT2D eigenvalue weighted by Crippen LogP contribution is -2.49. The molecule has 4 rings (SSSR count). The molecular weight excluding hydrogens is 392 g/mol. The lowest BCUT2D eigenvalue weighted by atomic mass is 9.50. The Bertz CT molecular complexity index is 755. The first-order valence-electron chi connectivity index (χ1n) is 13.4. The van der Waals surface area contributed by atoms with Gasteiger partial charge in [-0.15, -0.1) is 0 Å². The van der Waals surface area contributed by atoms with E-state index < -0.39 is 8.32 Å². The number of fused-ring (bicyclic) bond motifs is 5. The molecule has 0 amide bonds. The van der Waals surface area contributed by atoms with E-state index >= 15 is 0 Å². The van der Waals surface area contributed by atoms with Gasteiger partial charge in [0.25, 0.3) is 0 Å².